The molecule has 1 aliphatic carbocycles. The molecule has 0 fully saturated rings. The van der Waals surface area contributed by atoms with Crippen LogP contribution in [0.15, 0.2) is 48.5 Å². The monoisotopic (exact) mass is 267 g/mol. The topological polar surface area (TPSA) is 67.1 Å². The van der Waals surface area contributed by atoms with E-state index in [-0.39, 0.29) is 6.03 Å². The summed E-state index contributed by atoms with van der Waals surface area (Å²) in [5.41, 5.74) is 9.76. The maximum absolute atomic E-state index is 11.8. The number of fused-ring (bicyclic) bond motifs is 1. The van der Waals surface area contributed by atoms with Crippen molar-refractivity contribution in [2.45, 2.75) is 12.3 Å². The first-order valence-electron chi connectivity index (χ1n) is 6.70. The summed E-state index contributed by atoms with van der Waals surface area (Å²) < 4.78 is 0. The number of hydrogen-bond acceptors (Lipinski definition) is 2. The maximum Gasteiger partial charge on any atom is 0.319 e. The van der Waals surface area contributed by atoms with Gasteiger partial charge in [0.25, 0.3) is 0 Å². The molecular formula is C16H17N3O. The van der Waals surface area contributed by atoms with Crippen LogP contribution < -0.4 is 16.4 Å². The second kappa shape index (κ2) is 5.25. The molecule has 1 unspecified atom stereocenters. The molecule has 2 amide bonds. The van der Waals surface area contributed by atoms with E-state index < -0.39 is 0 Å². The summed E-state index contributed by atoms with van der Waals surface area (Å²) in [5.74, 6) is 0.434. The van der Waals surface area contributed by atoms with E-state index in [1.165, 1.54) is 11.1 Å². The Hall–Kier alpha value is -2.49. The van der Waals surface area contributed by atoms with Crippen molar-refractivity contribution < 1.29 is 4.79 Å². The van der Waals surface area contributed by atoms with Crippen LogP contribution in [0.25, 0.3) is 0 Å². The van der Waals surface area contributed by atoms with E-state index in [0.717, 1.165) is 12.1 Å². The van der Waals surface area contributed by atoms with Crippen molar-refractivity contribution in [3.8, 4) is 0 Å². The first-order chi connectivity index (χ1) is 9.72. The van der Waals surface area contributed by atoms with Crippen molar-refractivity contribution >= 4 is 17.4 Å². The highest BCUT2D eigenvalue weighted by atomic mass is 16.2. The zero-order valence-corrected chi connectivity index (χ0v) is 11.1. The number of amides is 2. The summed E-state index contributed by atoms with van der Waals surface area (Å²) in [5, 5.41) is 5.70. The molecule has 0 radical (unpaired) electrons. The number of carbonyl (C=O) groups is 1. The molecule has 2 aromatic rings. The van der Waals surface area contributed by atoms with Crippen molar-refractivity contribution in [1.82, 2.24) is 5.32 Å². The third-order valence-electron chi connectivity index (χ3n) is 3.64. The summed E-state index contributed by atoms with van der Waals surface area (Å²) in [6, 6.07) is 15.3. The molecule has 4 nitrogen and oxygen atoms in total. The molecule has 4 heteroatoms. The number of nitrogens with two attached hydrogens (primary N) is 1. The Kier molecular flexibility index (Phi) is 3.29. The van der Waals surface area contributed by atoms with E-state index >= 15 is 0 Å². The van der Waals surface area contributed by atoms with E-state index in [9.17, 15) is 4.79 Å². The van der Waals surface area contributed by atoms with E-state index in [1.807, 2.05) is 6.07 Å². The van der Waals surface area contributed by atoms with Crippen LogP contribution in [0.2, 0.25) is 0 Å². The van der Waals surface area contributed by atoms with Gasteiger partial charge in [-0.1, -0.05) is 24.3 Å². The van der Waals surface area contributed by atoms with Crippen LogP contribution in [0.3, 0.4) is 0 Å². The lowest BCUT2D eigenvalue weighted by molar-refractivity contribution is 0.251. The first-order valence-corrected chi connectivity index (χ1v) is 6.70. The molecule has 20 heavy (non-hydrogen) atoms. The fourth-order valence-electron chi connectivity index (χ4n) is 2.50. The summed E-state index contributed by atoms with van der Waals surface area (Å²) in [7, 11) is 0. The lowest BCUT2D eigenvalue weighted by Crippen LogP contribution is -2.35. The number of urea groups is 1. The summed E-state index contributed by atoms with van der Waals surface area (Å²) in [4.78, 5) is 11.8. The number of carbonyl (C=O) groups excluding carboxylic acids is 1. The lowest BCUT2D eigenvalue weighted by atomic mass is 9.78. The van der Waals surface area contributed by atoms with Gasteiger partial charge in [0.2, 0.25) is 0 Å². The van der Waals surface area contributed by atoms with Gasteiger partial charge >= 0.3 is 6.03 Å². The predicted molar refractivity (Wildman–Crippen MR) is 80.8 cm³/mol. The van der Waals surface area contributed by atoms with Crippen LogP contribution in [0, 0.1) is 0 Å². The van der Waals surface area contributed by atoms with Gasteiger partial charge < -0.3 is 16.4 Å². The largest absolute Gasteiger partial charge is 0.399 e. The molecule has 0 spiro atoms. The molecule has 2 aromatic carbocycles. The van der Waals surface area contributed by atoms with Crippen molar-refractivity contribution in [3.05, 3.63) is 59.7 Å². The molecular weight excluding hydrogens is 250 g/mol. The minimum Gasteiger partial charge on any atom is -0.399 e. The SMILES string of the molecule is Nc1ccc(NC(=O)NCC2Cc3ccccc32)cc1. The molecule has 3 rings (SSSR count). The van der Waals surface area contributed by atoms with Gasteiger partial charge in [-0.3, -0.25) is 0 Å². The van der Waals surface area contributed by atoms with E-state index in [1.54, 1.807) is 24.3 Å². The molecule has 4 N–H and O–H groups in total. The Morgan fingerprint density at radius 3 is 2.65 bits per heavy atom. The summed E-state index contributed by atoms with van der Waals surface area (Å²) in [6.45, 7) is 0.665. The van der Waals surface area contributed by atoms with Crippen molar-refractivity contribution in [1.29, 1.82) is 0 Å². The Morgan fingerprint density at radius 2 is 1.90 bits per heavy atom. The van der Waals surface area contributed by atoms with Gasteiger partial charge in [0.05, 0.1) is 0 Å². The second-order valence-electron chi connectivity index (χ2n) is 5.06. The number of anilines is 2. The Balaban J connectivity index is 1.50. The molecule has 1 aliphatic rings. The Bertz CT molecular complexity index is 622. The number of nitrogens with one attached hydrogen (secondary N) is 2. The highest BCUT2D eigenvalue weighted by Crippen LogP contribution is 2.33. The maximum atomic E-state index is 11.8. The normalized spacial score (nSPS) is 15.9. The quantitative estimate of drug-likeness (QED) is 0.748. The van der Waals surface area contributed by atoms with Gasteiger partial charge in [0.15, 0.2) is 0 Å². The third kappa shape index (κ3) is 2.59. The zero-order valence-electron chi connectivity index (χ0n) is 11.1. The fourth-order valence-corrected chi connectivity index (χ4v) is 2.50. The van der Waals surface area contributed by atoms with Crippen LogP contribution in [-0.4, -0.2) is 12.6 Å². The standard InChI is InChI=1S/C16H17N3O/c17-13-5-7-14(8-6-13)19-16(20)18-10-12-9-11-3-1-2-4-15(11)12/h1-8,12H,9-10,17H2,(H2,18,19,20). The van der Waals surface area contributed by atoms with Gasteiger partial charge in [0.1, 0.15) is 0 Å². The average molecular weight is 267 g/mol. The molecule has 0 bridgehead atoms. The number of nitrogen functional groups attached to an aromatic ring is 1. The van der Waals surface area contributed by atoms with Crippen LogP contribution in [-0.2, 0) is 6.42 Å². The zero-order chi connectivity index (χ0) is 13.9. The van der Waals surface area contributed by atoms with Gasteiger partial charge in [-0.2, -0.15) is 0 Å². The minimum absolute atomic E-state index is 0.181. The molecule has 0 heterocycles. The molecule has 0 aromatic heterocycles. The summed E-state index contributed by atoms with van der Waals surface area (Å²) >= 11 is 0. The van der Waals surface area contributed by atoms with Gasteiger partial charge in [-0.25, -0.2) is 4.79 Å². The van der Waals surface area contributed by atoms with Gasteiger partial charge in [-0.05, 0) is 41.8 Å². The minimum atomic E-state index is -0.181. The third-order valence-corrected chi connectivity index (χ3v) is 3.64. The van der Waals surface area contributed by atoms with Crippen LogP contribution in [0.1, 0.15) is 17.0 Å². The lowest BCUT2D eigenvalue weighted by Gasteiger charge is -2.30. The Labute approximate surface area is 118 Å². The van der Waals surface area contributed by atoms with Crippen LogP contribution >= 0.6 is 0 Å². The van der Waals surface area contributed by atoms with E-state index in [0.29, 0.717) is 18.2 Å². The summed E-state index contributed by atoms with van der Waals surface area (Å²) in [6.07, 6.45) is 1.04. The van der Waals surface area contributed by atoms with Crippen molar-refractivity contribution in [2.24, 2.45) is 0 Å². The molecule has 0 saturated carbocycles. The molecule has 102 valence electrons. The van der Waals surface area contributed by atoms with Crippen molar-refractivity contribution in [3.63, 3.8) is 0 Å². The van der Waals surface area contributed by atoms with Gasteiger partial charge in [-0.15, -0.1) is 0 Å². The van der Waals surface area contributed by atoms with Gasteiger partial charge in [0, 0.05) is 23.8 Å². The number of benzene rings is 2. The number of hydrogen-bond donors (Lipinski definition) is 3. The number of rotatable bonds is 3. The fraction of sp³-hybridized carbons (Fsp3) is 0.188. The molecule has 1 atom stereocenters. The predicted octanol–water partition coefficient (Wildman–Crippen LogP) is 2.73. The van der Waals surface area contributed by atoms with Crippen LogP contribution in [0.4, 0.5) is 16.2 Å². The highest BCUT2D eigenvalue weighted by molar-refractivity contribution is 5.89. The Morgan fingerprint density at radius 1 is 1.15 bits per heavy atom. The first kappa shape index (κ1) is 12.5. The second-order valence-corrected chi connectivity index (χ2v) is 5.06. The van der Waals surface area contributed by atoms with E-state index in [2.05, 4.69) is 28.8 Å². The molecule has 0 saturated heterocycles. The highest BCUT2D eigenvalue weighted by Gasteiger charge is 2.25. The smallest absolute Gasteiger partial charge is 0.319 e. The average Bonchev–Trinajstić information content (AvgIpc) is 2.42. The van der Waals surface area contributed by atoms with E-state index in [4.69, 9.17) is 5.73 Å². The van der Waals surface area contributed by atoms with Crippen molar-refractivity contribution in [2.75, 3.05) is 17.6 Å². The van der Waals surface area contributed by atoms with Crippen LogP contribution in [0.5, 0.6) is 0 Å². The molecule has 0 aliphatic heterocycles.